The highest BCUT2D eigenvalue weighted by Gasteiger charge is 2.30. The van der Waals surface area contributed by atoms with Gasteiger partial charge in [-0.05, 0) is 12.1 Å². The molecule has 1 aromatic rings. The predicted octanol–water partition coefficient (Wildman–Crippen LogP) is -0.399. The van der Waals surface area contributed by atoms with E-state index in [4.69, 9.17) is 0 Å². The molecule has 7 heteroatoms. The first-order valence-electron chi connectivity index (χ1n) is 6.87. The number of carbonyl (C=O) groups is 2. The molecule has 1 atom stereocenters. The molecular weight excluding hydrogens is 282 g/mol. The first-order chi connectivity index (χ1) is 10.6. The van der Waals surface area contributed by atoms with Gasteiger partial charge in [-0.3, -0.25) is 15.0 Å². The lowest BCUT2D eigenvalue weighted by molar-refractivity contribution is -0.759. The molecule has 2 amide bonds. The Morgan fingerprint density at radius 1 is 1.27 bits per heavy atom. The number of hydrogen-bond donors (Lipinski definition) is 3. The summed E-state index contributed by atoms with van der Waals surface area (Å²) in [6.45, 7) is 1.93. The van der Waals surface area contributed by atoms with Gasteiger partial charge in [-0.15, -0.1) is 0 Å². The van der Waals surface area contributed by atoms with E-state index in [-0.39, 0.29) is 11.8 Å². The van der Waals surface area contributed by atoms with E-state index in [0.717, 1.165) is 16.4 Å². The van der Waals surface area contributed by atoms with E-state index in [0.29, 0.717) is 12.4 Å². The van der Waals surface area contributed by atoms with Gasteiger partial charge in [-0.1, -0.05) is 18.2 Å². The molecule has 2 aliphatic rings. The molecule has 0 aliphatic carbocycles. The second kappa shape index (κ2) is 5.82. The number of hydrazine groups is 1. The molecule has 0 radical (unpaired) electrons. The molecule has 7 nitrogen and oxygen atoms in total. The van der Waals surface area contributed by atoms with Crippen LogP contribution in [0.2, 0.25) is 0 Å². The lowest BCUT2D eigenvalue weighted by atomic mass is 10.3. The van der Waals surface area contributed by atoms with E-state index in [9.17, 15) is 9.59 Å². The van der Waals surface area contributed by atoms with Crippen LogP contribution >= 0.6 is 0 Å². The van der Waals surface area contributed by atoms with Crippen molar-refractivity contribution >= 4 is 23.3 Å². The normalized spacial score (nSPS) is 19.1. The Bertz CT molecular complexity index is 693. The number of para-hydroxylation sites is 1. The van der Waals surface area contributed by atoms with E-state index >= 15 is 0 Å². The second-order valence-corrected chi connectivity index (χ2v) is 4.98. The van der Waals surface area contributed by atoms with Crippen LogP contribution < -0.4 is 15.6 Å². The molecule has 3 N–H and O–H groups in total. The molecule has 3 rings (SSSR count). The minimum Gasteiger partial charge on any atom is -0.320 e. The summed E-state index contributed by atoms with van der Waals surface area (Å²) in [5, 5.41) is 4.46. The van der Waals surface area contributed by atoms with Gasteiger partial charge < -0.3 is 5.32 Å². The Labute approximate surface area is 127 Å². The number of anilines is 1. The van der Waals surface area contributed by atoms with Gasteiger partial charge in [-0.25, -0.2) is 9.91 Å². The molecule has 1 unspecified atom stereocenters. The third kappa shape index (κ3) is 3.04. The Kier molecular flexibility index (Phi) is 3.71. The Balaban J connectivity index is 1.68. The summed E-state index contributed by atoms with van der Waals surface area (Å²) >= 11 is 0. The van der Waals surface area contributed by atoms with Crippen LogP contribution in [0.15, 0.2) is 59.5 Å². The zero-order valence-electron chi connectivity index (χ0n) is 12.0. The summed E-state index contributed by atoms with van der Waals surface area (Å²) in [7, 11) is 0. The van der Waals surface area contributed by atoms with Crippen LogP contribution in [-0.4, -0.2) is 29.3 Å². The average molecular weight is 298 g/mol. The van der Waals surface area contributed by atoms with Crippen LogP contribution in [0, 0.1) is 0 Å². The van der Waals surface area contributed by atoms with Crippen molar-refractivity contribution in [2.75, 3.05) is 12.0 Å². The Hall–Kier alpha value is -2.93. The van der Waals surface area contributed by atoms with Crippen molar-refractivity contribution in [3.63, 3.8) is 0 Å². The maximum Gasteiger partial charge on any atom is 0.280 e. The molecule has 1 aromatic carbocycles. The molecule has 0 spiro atoms. The van der Waals surface area contributed by atoms with Crippen molar-refractivity contribution in [2.45, 2.75) is 6.92 Å². The largest absolute Gasteiger partial charge is 0.320 e. The fourth-order valence-electron chi connectivity index (χ4n) is 2.25. The third-order valence-electron chi connectivity index (χ3n) is 3.20. The van der Waals surface area contributed by atoms with Crippen LogP contribution in [0.25, 0.3) is 0 Å². The number of amides is 2. The van der Waals surface area contributed by atoms with Crippen molar-refractivity contribution in [3.8, 4) is 0 Å². The number of hydrogen-bond acceptors (Lipinski definition) is 4. The van der Waals surface area contributed by atoms with Crippen molar-refractivity contribution in [1.82, 2.24) is 10.4 Å². The lowest BCUT2D eigenvalue weighted by Crippen LogP contribution is -3.11. The average Bonchev–Trinajstić information content (AvgIpc) is 2.91. The molecule has 0 aromatic heterocycles. The number of aliphatic imine (C=N–C) groups is 1. The SMILES string of the molecule is CC(=O)NN1C=CC2=NC(C(=O)Nc3ccccc3)=C[NH+]2C1. The number of quaternary nitrogens is 1. The molecule has 0 saturated heterocycles. The maximum absolute atomic E-state index is 12.2. The summed E-state index contributed by atoms with van der Waals surface area (Å²) in [5.41, 5.74) is 3.77. The van der Waals surface area contributed by atoms with Gasteiger partial charge in [0.1, 0.15) is 6.20 Å². The highest BCUT2D eigenvalue weighted by atomic mass is 16.2. The number of nitrogens with one attached hydrogen (secondary N) is 3. The van der Waals surface area contributed by atoms with E-state index in [1.165, 1.54) is 6.92 Å². The van der Waals surface area contributed by atoms with Crippen molar-refractivity contribution in [2.24, 2.45) is 4.99 Å². The molecule has 112 valence electrons. The number of rotatable bonds is 3. The number of carbonyl (C=O) groups excluding carboxylic acids is 2. The summed E-state index contributed by atoms with van der Waals surface area (Å²) < 4.78 is 0. The van der Waals surface area contributed by atoms with Crippen LogP contribution in [0.4, 0.5) is 5.69 Å². The van der Waals surface area contributed by atoms with Crippen molar-refractivity contribution in [1.29, 1.82) is 0 Å². The monoisotopic (exact) mass is 298 g/mol. The molecule has 0 fully saturated rings. The maximum atomic E-state index is 12.2. The minimum absolute atomic E-state index is 0.144. The molecule has 2 heterocycles. The lowest BCUT2D eigenvalue weighted by Gasteiger charge is -2.25. The summed E-state index contributed by atoms with van der Waals surface area (Å²) in [6, 6.07) is 9.23. The van der Waals surface area contributed by atoms with E-state index in [2.05, 4.69) is 15.7 Å². The summed E-state index contributed by atoms with van der Waals surface area (Å²) in [6.07, 6.45) is 5.25. The van der Waals surface area contributed by atoms with Gasteiger partial charge in [-0.2, -0.15) is 4.99 Å². The number of amidine groups is 1. The molecule has 22 heavy (non-hydrogen) atoms. The first kappa shape index (κ1) is 14.0. The van der Waals surface area contributed by atoms with Gasteiger partial charge in [0.05, 0.1) is 0 Å². The van der Waals surface area contributed by atoms with Crippen molar-refractivity contribution in [3.05, 3.63) is 54.5 Å². The van der Waals surface area contributed by atoms with Crippen molar-refractivity contribution < 1.29 is 14.5 Å². The Morgan fingerprint density at radius 3 is 2.77 bits per heavy atom. The fourth-order valence-corrected chi connectivity index (χ4v) is 2.25. The molecular formula is C15H16N5O2+. The molecule has 2 aliphatic heterocycles. The van der Waals surface area contributed by atoms with E-state index in [1.54, 1.807) is 23.5 Å². The Morgan fingerprint density at radius 2 is 2.05 bits per heavy atom. The molecule has 0 bridgehead atoms. The standard InChI is InChI=1S/C15H15N5O2/c1-11(21)18-20-8-7-14-17-13(9-19(14)10-20)15(22)16-12-5-3-2-4-6-12/h2-9H,10H2,1H3,(H,16,22)(H,18,21)/p+1. The highest BCUT2D eigenvalue weighted by Crippen LogP contribution is 2.09. The number of benzene rings is 1. The molecule has 0 saturated carbocycles. The van der Waals surface area contributed by atoms with Gasteiger partial charge in [0.15, 0.2) is 12.4 Å². The second-order valence-electron chi connectivity index (χ2n) is 4.98. The number of fused-ring (bicyclic) bond motifs is 1. The van der Waals surface area contributed by atoms with E-state index in [1.807, 2.05) is 30.3 Å². The van der Waals surface area contributed by atoms with Crippen LogP contribution in [0.3, 0.4) is 0 Å². The summed E-state index contributed by atoms with van der Waals surface area (Å²) in [5.74, 6) is 0.356. The predicted molar refractivity (Wildman–Crippen MR) is 81.2 cm³/mol. The highest BCUT2D eigenvalue weighted by molar-refractivity contribution is 6.06. The summed E-state index contributed by atoms with van der Waals surface area (Å²) in [4.78, 5) is 28.5. The third-order valence-corrected chi connectivity index (χ3v) is 3.20. The van der Waals surface area contributed by atoms with Gasteiger partial charge in [0.2, 0.25) is 11.7 Å². The van der Waals surface area contributed by atoms with Gasteiger partial charge in [0.25, 0.3) is 5.91 Å². The minimum atomic E-state index is -0.250. The zero-order chi connectivity index (χ0) is 15.5. The smallest absolute Gasteiger partial charge is 0.280 e. The van der Waals surface area contributed by atoms with Gasteiger partial charge >= 0.3 is 0 Å². The first-order valence-corrected chi connectivity index (χ1v) is 6.87. The fraction of sp³-hybridized carbons (Fsp3) is 0.133. The van der Waals surface area contributed by atoms with Crippen LogP contribution in [-0.2, 0) is 9.59 Å². The van der Waals surface area contributed by atoms with Gasteiger partial charge in [0, 0.05) is 24.9 Å². The van der Waals surface area contributed by atoms with Crippen LogP contribution in [0.1, 0.15) is 6.92 Å². The van der Waals surface area contributed by atoms with Crippen LogP contribution in [0.5, 0.6) is 0 Å². The zero-order valence-corrected chi connectivity index (χ0v) is 12.0. The number of nitrogens with zero attached hydrogens (tertiary/aromatic N) is 2. The van der Waals surface area contributed by atoms with E-state index < -0.39 is 0 Å². The quantitative estimate of drug-likeness (QED) is 0.710. The topological polar surface area (TPSA) is 78.2 Å².